The number of benzene rings is 5. The summed E-state index contributed by atoms with van der Waals surface area (Å²) in [4.78, 5) is 5.05. The van der Waals surface area contributed by atoms with Crippen LogP contribution in [-0.2, 0) is 5.41 Å². The highest BCUT2D eigenvalue weighted by Crippen LogP contribution is 2.42. The molecule has 0 unspecified atom stereocenters. The summed E-state index contributed by atoms with van der Waals surface area (Å²) in [5.41, 5.74) is 16.2. The molecule has 7 aromatic rings. The molecule has 0 aliphatic heterocycles. The Morgan fingerprint density at radius 2 is 1.27 bits per heavy atom. The number of aryl methyl sites for hydroxylation is 5. The monoisotopic (exact) mass is 587 g/mol. The number of fused-ring (bicyclic) bond motifs is 3. The van der Waals surface area contributed by atoms with E-state index in [-0.39, 0.29) is 5.41 Å². The van der Waals surface area contributed by atoms with Crippen molar-refractivity contribution in [3.63, 3.8) is 0 Å². The second-order valence-electron chi connectivity index (χ2n) is 13.7. The first-order chi connectivity index (χ1) is 21.5. The number of rotatable bonds is 4. The minimum Gasteiger partial charge on any atom is -0.309 e. The Morgan fingerprint density at radius 3 is 1.93 bits per heavy atom. The van der Waals surface area contributed by atoms with Crippen molar-refractivity contribution in [2.24, 2.45) is 0 Å². The van der Waals surface area contributed by atoms with Crippen molar-refractivity contribution in [2.45, 2.75) is 60.8 Å². The summed E-state index contributed by atoms with van der Waals surface area (Å²) in [6, 6.07) is 33.5. The van der Waals surface area contributed by atoms with Crippen molar-refractivity contribution in [3.8, 4) is 33.9 Å². The number of nitrogens with zero attached hydrogens (tertiary/aromatic N) is 3. The molecule has 0 fully saturated rings. The fraction of sp³-hybridized carbons (Fsp3) is 0.214. The third-order valence-electron chi connectivity index (χ3n) is 9.21. The van der Waals surface area contributed by atoms with Crippen LogP contribution in [-0.4, -0.2) is 14.1 Å². The topological polar surface area (TPSA) is 22.8 Å². The van der Waals surface area contributed by atoms with Gasteiger partial charge in [-0.2, -0.15) is 0 Å². The van der Waals surface area contributed by atoms with Gasteiger partial charge in [-0.1, -0.05) is 74.9 Å². The van der Waals surface area contributed by atoms with Gasteiger partial charge in [0.15, 0.2) is 0 Å². The molecule has 3 heteroatoms. The lowest BCUT2D eigenvalue weighted by Gasteiger charge is -2.25. The van der Waals surface area contributed by atoms with Crippen molar-refractivity contribution in [1.82, 2.24) is 14.1 Å². The molecule has 0 aliphatic rings. The lowest BCUT2D eigenvalue weighted by molar-refractivity contribution is 0.592. The van der Waals surface area contributed by atoms with Gasteiger partial charge in [-0.3, -0.25) is 4.57 Å². The van der Waals surface area contributed by atoms with Gasteiger partial charge in [-0.25, -0.2) is 4.98 Å². The van der Waals surface area contributed by atoms with Gasteiger partial charge in [0.25, 0.3) is 0 Å². The number of para-hydroxylation sites is 2. The van der Waals surface area contributed by atoms with Gasteiger partial charge in [-0.15, -0.1) is 0 Å². The van der Waals surface area contributed by atoms with Crippen LogP contribution in [0, 0.1) is 34.6 Å². The van der Waals surface area contributed by atoms with Crippen LogP contribution in [0.25, 0.3) is 55.7 Å². The summed E-state index contributed by atoms with van der Waals surface area (Å²) in [6.45, 7) is 18.0. The minimum absolute atomic E-state index is 0.104. The molecule has 0 N–H and O–H groups in total. The normalized spacial score (nSPS) is 12.0. The Balaban J connectivity index is 1.47. The molecule has 0 amide bonds. The second-order valence-corrected chi connectivity index (χ2v) is 13.7. The van der Waals surface area contributed by atoms with E-state index in [0.717, 1.165) is 5.82 Å². The van der Waals surface area contributed by atoms with Gasteiger partial charge in [0.1, 0.15) is 5.82 Å². The maximum atomic E-state index is 5.05. The van der Waals surface area contributed by atoms with E-state index >= 15 is 0 Å². The lowest BCUT2D eigenvalue weighted by Crippen LogP contribution is -2.14. The Bertz CT molecular complexity index is 2190. The van der Waals surface area contributed by atoms with E-state index in [1.807, 2.05) is 6.20 Å². The Kier molecular flexibility index (Phi) is 6.81. The molecule has 3 nitrogen and oxygen atoms in total. The van der Waals surface area contributed by atoms with E-state index in [1.165, 1.54) is 83.3 Å². The average molecular weight is 588 g/mol. The Labute approximate surface area is 266 Å². The summed E-state index contributed by atoms with van der Waals surface area (Å²) >= 11 is 0. The highest BCUT2D eigenvalue weighted by atomic mass is 15.1. The predicted molar refractivity (Wildman–Crippen MR) is 191 cm³/mol. The van der Waals surface area contributed by atoms with Crippen molar-refractivity contribution in [1.29, 1.82) is 0 Å². The molecule has 45 heavy (non-hydrogen) atoms. The molecule has 0 spiro atoms. The quantitative estimate of drug-likeness (QED) is 0.201. The van der Waals surface area contributed by atoms with Gasteiger partial charge in [-0.05, 0) is 121 Å². The zero-order valence-corrected chi connectivity index (χ0v) is 27.7. The molecule has 7 rings (SSSR count). The molecular weight excluding hydrogens is 546 g/mol. The number of hydrogen-bond donors (Lipinski definition) is 0. The average Bonchev–Trinajstić information content (AvgIpc) is 3.58. The highest BCUT2D eigenvalue weighted by Gasteiger charge is 2.26. The largest absolute Gasteiger partial charge is 0.309 e. The molecule has 2 aromatic heterocycles. The van der Waals surface area contributed by atoms with E-state index in [1.54, 1.807) is 0 Å². The van der Waals surface area contributed by atoms with E-state index in [9.17, 15) is 0 Å². The van der Waals surface area contributed by atoms with Crippen molar-refractivity contribution >= 4 is 21.8 Å². The molecule has 0 saturated carbocycles. The molecule has 0 radical (unpaired) electrons. The first-order valence-electron chi connectivity index (χ1n) is 15.9. The van der Waals surface area contributed by atoms with Gasteiger partial charge in [0, 0.05) is 34.4 Å². The van der Waals surface area contributed by atoms with E-state index in [2.05, 4.69) is 162 Å². The fourth-order valence-corrected chi connectivity index (χ4v) is 7.47. The first-order valence-corrected chi connectivity index (χ1v) is 15.9. The van der Waals surface area contributed by atoms with Crippen molar-refractivity contribution in [2.75, 3.05) is 0 Å². The van der Waals surface area contributed by atoms with Crippen LogP contribution in [0.3, 0.4) is 0 Å². The van der Waals surface area contributed by atoms with Gasteiger partial charge < -0.3 is 4.57 Å². The molecular formula is C42H41N3. The van der Waals surface area contributed by atoms with E-state index in [4.69, 9.17) is 4.98 Å². The highest BCUT2D eigenvalue weighted by molar-refractivity contribution is 6.11. The van der Waals surface area contributed by atoms with E-state index < -0.39 is 0 Å². The Morgan fingerprint density at radius 1 is 0.622 bits per heavy atom. The SMILES string of the molecule is Cc1cc(C)c(-c2cc(C)c(-n3ccnc3-c3cc4c5ccccc5n(-c5ccccc5)c4cc3C(C)(C)C)c(C)c2)c(C)c1. The third-order valence-corrected chi connectivity index (χ3v) is 9.21. The van der Waals surface area contributed by atoms with Gasteiger partial charge in [0.05, 0.1) is 16.7 Å². The summed E-state index contributed by atoms with van der Waals surface area (Å²) in [6.07, 6.45) is 4.07. The fourth-order valence-electron chi connectivity index (χ4n) is 7.47. The maximum Gasteiger partial charge on any atom is 0.144 e. The smallest absolute Gasteiger partial charge is 0.144 e. The van der Waals surface area contributed by atoms with Crippen LogP contribution in [0.2, 0.25) is 0 Å². The molecule has 5 aromatic carbocycles. The predicted octanol–water partition coefficient (Wildman–Crippen LogP) is 11.1. The molecule has 0 atom stereocenters. The molecule has 224 valence electrons. The minimum atomic E-state index is -0.104. The van der Waals surface area contributed by atoms with Gasteiger partial charge >= 0.3 is 0 Å². The van der Waals surface area contributed by atoms with Crippen molar-refractivity contribution in [3.05, 3.63) is 137 Å². The summed E-state index contributed by atoms with van der Waals surface area (Å²) in [5.74, 6) is 0.972. The first kappa shape index (κ1) is 28.9. The zero-order chi connectivity index (χ0) is 31.6. The van der Waals surface area contributed by atoms with Crippen LogP contribution >= 0.6 is 0 Å². The van der Waals surface area contributed by atoms with Gasteiger partial charge in [0.2, 0.25) is 0 Å². The molecule has 0 bridgehead atoms. The van der Waals surface area contributed by atoms with Crippen LogP contribution in [0.1, 0.15) is 54.2 Å². The van der Waals surface area contributed by atoms with Crippen LogP contribution in [0.15, 0.2) is 103 Å². The van der Waals surface area contributed by atoms with E-state index in [0.29, 0.717) is 0 Å². The third kappa shape index (κ3) is 4.78. The number of aromatic nitrogens is 3. The number of hydrogen-bond acceptors (Lipinski definition) is 1. The second kappa shape index (κ2) is 10.6. The number of imidazole rings is 1. The Hall–Kier alpha value is -4.89. The molecule has 0 aliphatic carbocycles. The lowest BCUT2D eigenvalue weighted by atomic mass is 9.82. The van der Waals surface area contributed by atoms with Crippen molar-refractivity contribution < 1.29 is 0 Å². The van der Waals surface area contributed by atoms with Crippen LogP contribution < -0.4 is 0 Å². The standard InChI is InChI=1S/C42H41N3/c1-26-20-27(2)39(28(3)21-26)31-22-29(4)40(30(5)23-31)44-19-18-43-41(44)35-24-34-33-16-12-13-17-37(33)45(32-14-10-9-11-15-32)38(34)25-36(35)42(6,7)8/h9-25H,1-8H3. The zero-order valence-electron chi connectivity index (χ0n) is 27.7. The maximum absolute atomic E-state index is 5.05. The van der Waals surface area contributed by atoms with Crippen LogP contribution in [0.5, 0.6) is 0 Å². The molecule has 0 saturated heterocycles. The summed E-state index contributed by atoms with van der Waals surface area (Å²) < 4.78 is 4.70. The molecule has 2 heterocycles. The summed E-state index contributed by atoms with van der Waals surface area (Å²) in [7, 11) is 0. The van der Waals surface area contributed by atoms with Crippen LogP contribution in [0.4, 0.5) is 0 Å². The summed E-state index contributed by atoms with van der Waals surface area (Å²) in [5, 5.41) is 2.48.